The van der Waals surface area contributed by atoms with Gasteiger partial charge in [0.25, 0.3) is 0 Å². The van der Waals surface area contributed by atoms with Gasteiger partial charge in [-0.25, -0.2) is 0 Å². The molecule has 0 aromatic carbocycles. The molecular weight excluding hydrogens is 198 g/mol. The Kier molecular flexibility index (Phi) is 7.68. The molecule has 0 saturated carbocycles. The lowest BCUT2D eigenvalue weighted by molar-refractivity contribution is -0.849. The summed E-state index contributed by atoms with van der Waals surface area (Å²) in [5.41, 5.74) is -0.682. The summed E-state index contributed by atoms with van der Waals surface area (Å²) in [6.45, 7) is 0.750. The number of rotatable bonds is 0. The number of hydrogen-bond acceptors (Lipinski definition) is 3. The second-order valence-corrected chi connectivity index (χ2v) is 6.73. The number of nitrogens with zero attached hydrogens (tertiary/aromatic N) is 1. The van der Waals surface area contributed by atoms with E-state index in [-0.39, 0.29) is 5.48 Å². The van der Waals surface area contributed by atoms with Crippen LogP contribution in [0, 0.1) is 0 Å². The number of aliphatic hydroxyl groups is 1. The molecule has 1 atom stereocenters. The fourth-order valence-electron chi connectivity index (χ4n) is 0.919. The van der Waals surface area contributed by atoms with E-state index in [0.29, 0.717) is 0 Å². The van der Waals surface area contributed by atoms with Gasteiger partial charge in [0, 0.05) is 6.61 Å². The Hall–Kier alpha value is 0.0569. The highest BCUT2D eigenvalue weighted by atomic mass is 28.1. The molecule has 0 bridgehead atoms. The van der Waals surface area contributed by atoms with Crippen LogP contribution in [0.4, 0.5) is 0 Å². The van der Waals surface area contributed by atoms with Gasteiger partial charge < -0.3 is 19.8 Å². The summed E-state index contributed by atoms with van der Waals surface area (Å²) in [6, 6.07) is 0. The molecule has 0 aliphatic carbocycles. The van der Waals surface area contributed by atoms with Crippen LogP contribution in [0.1, 0.15) is 19.3 Å². The summed E-state index contributed by atoms with van der Waals surface area (Å²) >= 11 is 0. The van der Waals surface area contributed by atoms with Crippen molar-refractivity contribution in [2.45, 2.75) is 24.7 Å². The molecule has 1 fully saturated rings. The molecule has 0 radical (unpaired) electrons. The molecular formula is C9H25NO3Si. The van der Waals surface area contributed by atoms with Crippen LogP contribution >= 0.6 is 0 Å². The Bertz CT molecular complexity index is 131. The quantitative estimate of drug-likeness (QED) is 0.438. The predicted octanol–water partition coefficient (Wildman–Crippen LogP) is -0.656. The van der Waals surface area contributed by atoms with Crippen LogP contribution in [0.2, 0.25) is 0 Å². The highest BCUT2D eigenvalue weighted by Gasteiger charge is 2.22. The molecule has 1 unspecified atom stereocenters. The van der Waals surface area contributed by atoms with E-state index in [9.17, 15) is 5.11 Å². The summed E-state index contributed by atoms with van der Waals surface area (Å²) in [4.78, 5) is 0. The zero-order valence-electron chi connectivity index (χ0n) is 10.1. The monoisotopic (exact) mass is 223 g/mol. The van der Waals surface area contributed by atoms with Gasteiger partial charge in [-0.2, -0.15) is 0 Å². The van der Waals surface area contributed by atoms with Crippen molar-refractivity contribution in [2.24, 2.45) is 0 Å². The molecule has 88 valence electrons. The van der Waals surface area contributed by atoms with Crippen LogP contribution in [0.3, 0.4) is 0 Å². The fraction of sp³-hybridized carbons (Fsp3) is 1.00. The second kappa shape index (κ2) is 6.52. The van der Waals surface area contributed by atoms with Crippen molar-refractivity contribution < 1.29 is 19.8 Å². The van der Waals surface area contributed by atoms with E-state index in [1.807, 2.05) is 0 Å². The summed E-state index contributed by atoms with van der Waals surface area (Å²) in [7, 11) is 9.24. The highest BCUT2D eigenvalue weighted by Crippen LogP contribution is 2.17. The Labute approximate surface area is 90.2 Å². The topological polar surface area (TPSA) is 59.5 Å². The number of quaternary nitrogens is 1. The zero-order valence-corrected chi connectivity index (χ0v) is 12.1. The maximum atomic E-state index is 9.21. The molecule has 1 heterocycles. The SMILES string of the molecule is C[N+](C)(C)C.OC1([SiH3])CCCCO1.[OH-]. The molecule has 0 aromatic rings. The first-order chi connectivity index (χ1) is 5.71. The Balaban J connectivity index is 0. The third kappa shape index (κ3) is 14.6. The van der Waals surface area contributed by atoms with Crippen LogP contribution in [0.5, 0.6) is 0 Å². The van der Waals surface area contributed by atoms with Crippen molar-refractivity contribution in [3.63, 3.8) is 0 Å². The van der Waals surface area contributed by atoms with E-state index in [4.69, 9.17) is 4.74 Å². The highest BCUT2D eigenvalue weighted by molar-refractivity contribution is 6.13. The van der Waals surface area contributed by atoms with Gasteiger partial charge in [0.05, 0.1) is 38.4 Å². The molecule has 0 amide bonds. The van der Waals surface area contributed by atoms with E-state index in [1.165, 1.54) is 0 Å². The normalized spacial score (nSPS) is 27.2. The minimum Gasteiger partial charge on any atom is -0.870 e. The van der Waals surface area contributed by atoms with Crippen molar-refractivity contribution in [1.29, 1.82) is 0 Å². The van der Waals surface area contributed by atoms with Crippen LogP contribution in [-0.2, 0) is 4.74 Å². The van der Waals surface area contributed by atoms with Crippen molar-refractivity contribution in [1.82, 2.24) is 0 Å². The molecule has 1 aliphatic heterocycles. The second-order valence-electron chi connectivity index (χ2n) is 5.16. The van der Waals surface area contributed by atoms with Crippen molar-refractivity contribution in [3.05, 3.63) is 0 Å². The number of ether oxygens (including phenoxy) is 1. The molecule has 4 nitrogen and oxygen atoms in total. The van der Waals surface area contributed by atoms with Gasteiger partial charge in [-0.15, -0.1) is 0 Å². The fourth-order valence-corrected chi connectivity index (χ4v) is 1.48. The molecule has 1 aliphatic rings. The molecule has 2 N–H and O–H groups in total. The predicted molar refractivity (Wildman–Crippen MR) is 60.6 cm³/mol. The first-order valence-electron chi connectivity index (χ1n) is 4.86. The molecule has 1 saturated heterocycles. The van der Waals surface area contributed by atoms with Crippen molar-refractivity contribution >= 4 is 10.2 Å². The van der Waals surface area contributed by atoms with Crippen LogP contribution in [0.25, 0.3) is 0 Å². The van der Waals surface area contributed by atoms with E-state index in [2.05, 4.69) is 28.2 Å². The van der Waals surface area contributed by atoms with Gasteiger partial charge in [0.1, 0.15) is 5.41 Å². The lowest BCUT2D eigenvalue weighted by Gasteiger charge is -2.28. The van der Waals surface area contributed by atoms with Crippen molar-refractivity contribution in [2.75, 3.05) is 34.8 Å². The van der Waals surface area contributed by atoms with Gasteiger partial charge >= 0.3 is 0 Å². The first kappa shape index (κ1) is 16.5. The minimum absolute atomic E-state index is 0. The zero-order chi connectivity index (χ0) is 10.5. The summed E-state index contributed by atoms with van der Waals surface area (Å²) in [5.74, 6) is 0. The Morgan fingerprint density at radius 3 is 1.79 bits per heavy atom. The van der Waals surface area contributed by atoms with E-state index < -0.39 is 5.41 Å². The van der Waals surface area contributed by atoms with Gasteiger partial charge in [0.15, 0.2) is 0 Å². The average molecular weight is 223 g/mol. The Morgan fingerprint density at radius 2 is 1.64 bits per heavy atom. The lowest BCUT2D eigenvalue weighted by Crippen LogP contribution is -2.36. The maximum absolute atomic E-state index is 9.21. The molecule has 1 rings (SSSR count). The Morgan fingerprint density at radius 1 is 1.21 bits per heavy atom. The third-order valence-corrected chi connectivity index (χ3v) is 2.24. The summed E-state index contributed by atoms with van der Waals surface area (Å²) in [5, 5.41) is 9.21. The molecule has 5 heteroatoms. The summed E-state index contributed by atoms with van der Waals surface area (Å²) in [6.07, 6.45) is 3.09. The van der Waals surface area contributed by atoms with Crippen LogP contribution in [-0.4, -0.2) is 65.5 Å². The molecule has 0 aromatic heterocycles. The minimum atomic E-state index is -0.682. The van der Waals surface area contributed by atoms with Gasteiger partial charge in [-0.3, -0.25) is 0 Å². The van der Waals surface area contributed by atoms with E-state index in [1.54, 1.807) is 0 Å². The molecule has 14 heavy (non-hydrogen) atoms. The van der Waals surface area contributed by atoms with Gasteiger partial charge in [-0.05, 0) is 19.3 Å². The van der Waals surface area contributed by atoms with E-state index >= 15 is 0 Å². The van der Waals surface area contributed by atoms with Gasteiger partial charge in [-0.1, -0.05) is 0 Å². The standard InChI is InChI=1S/C5H12O2Si.C4H12N.H2O/c6-5(8)3-1-2-4-7-5;1-5(2,3)4;/h6H,1-4H2,8H3;1-4H3;1H2/q;+1;/p-1. The maximum Gasteiger partial charge on any atom is 0.138 e. The average Bonchev–Trinajstić information content (AvgIpc) is 1.82. The number of hydrogen-bond donors (Lipinski definition) is 1. The summed E-state index contributed by atoms with van der Waals surface area (Å²) < 4.78 is 6.08. The smallest absolute Gasteiger partial charge is 0.138 e. The third-order valence-electron chi connectivity index (χ3n) is 1.45. The lowest BCUT2D eigenvalue weighted by atomic mass is 10.2. The van der Waals surface area contributed by atoms with Crippen LogP contribution in [0.15, 0.2) is 0 Å². The van der Waals surface area contributed by atoms with Crippen molar-refractivity contribution in [3.8, 4) is 0 Å². The molecule has 0 spiro atoms. The van der Waals surface area contributed by atoms with Gasteiger partial charge in [0.2, 0.25) is 0 Å². The largest absolute Gasteiger partial charge is 0.870 e. The first-order valence-corrected chi connectivity index (χ1v) is 5.86. The van der Waals surface area contributed by atoms with Crippen LogP contribution < -0.4 is 0 Å². The van der Waals surface area contributed by atoms with E-state index in [0.717, 1.165) is 40.6 Å².